The summed E-state index contributed by atoms with van der Waals surface area (Å²) in [5.41, 5.74) is 13.6. The summed E-state index contributed by atoms with van der Waals surface area (Å²) in [4.78, 5) is 0. The van der Waals surface area contributed by atoms with Gasteiger partial charge in [0.1, 0.15) is 5.76 Å². The van der Waals surface area contributed by atoms with Crippen LogP contribution in [0.3, 0.4) is 0 Å². The number of hydrogen-bond donors (Lipinski definition) is 1. The second-order valence-electron chi connectivity index (χ2n) is 11.2. The van der Waals surface area contributed by atoms with Crippen LogP contribution in [0.5, 0.6) is 0 Å². The van der Waals surface area contributed by atoms with E-state index in [1.165, 1.54) is 60.8 Å². The molecule has 0 fully saturated rings. The summed E-state index contributed by atoms with van der Waals surface area (Å²) in [5, 5.41) is 13.6. The monoisotopic (exact) mass is 664 g/mol. The predicted molar refractivity (Wildman–Crippen MR) is 176 cm³/mol. The molecule has 5 aromatic rings. The quantitative estimate of drug-likeness (QED) is 0.282. The minimum absolute atomic E-state index is 0. The van der Waals surface area contributed by atoms with E-state index in [9.17, 15) is 5.11 Å². The molecule has 5 aromatic carbocycles. The van der Waals surface area contributed by atoms with E-state index in [1.54, 1.807) is 0 Å². The van der Waals surface area contributed by atoms with E-state index in [4.69, 9.17) is 0 Å². The smallest absolute Gasteiger partial charge is 1.00 e. The zero-order valence-electron chi connectivity index (χ0n) is 24.9. The molecule has 0 spiro atoms. The zero-order valence-corrected chi connectivity index (χ0v) is 29.0. The molecule has 2 aliphatic carbocycles. The Hall–Kier alpha value is -2.98. The average Bonchev–Trinajstić information content (AvgIpc) is 3.35. The molecule has 0 bridgehead atoms. The van der Waals surface area contributed by atoms with Crippen LogP contribution in [-0.2, 0) is 28.1 Å². The van der Waals surface area contributed by atoms with Gasteiger partial charge in [0.25, 0.3) is 0 Å². The molecule has 0 saturated heterocycles. The molecule has 0 unspecified atom stereocenters. The summed E-state index contributed by atoms with van der Waals surface area (Å²) >= 11 is 0. The van der Waals surface area contributed by atoms with E-state index >= 15 is 0 Å². The number of benzene rings is 5. The normalized spacial score (nSPS) is 13.1. The Morgan fingerprint density at radius 2 is 1.07 bits per heavy atom. The van der Waals surface area contributed by atoms with Crippen LogP contribution in [0.4, 0.5) is 0 Å². The molecule has 5 heteroatoms. The van der Waals surface area contributed by atoms with Gasteiger partial charge in [0.05, 0.1) is 0 Å². The number of allylic oxidation sites excluding steroid dienone is 2. The van der Waals surface area contributed by atoms with E-state index in [-0.39, 0.29) is 52.4 Å². The van der Waals surface area contributed by atoms with Crippen molar-refractivity contribution in [2.75, 3.05) is 0 Å². The van der Waals surface area contributed by atoms with Gasteiger partial charge in [-0.05, 0) is 91.4 Å². The maximum Gasteiger partial charge on any atom is 2.00 e. The van der Waals surface area contributed by atoms with Crippen molar-refractivity contribution in [1.82, 2.24) is 0 Å². The van der Waals surface area contributed by atoms with Crippen LogP contribution in [0, 0.1) is 0 Å². The predicted octanol–water partition coefficient (Wildman–Crippen LogP) is 3.95. The van der Waals surface area contributed by atoms with Gasteiger partial charge in [-0.2, -0.15) is 0 Å². The molecule has 7 rings (SSSR count). The Morgan fingerprint density at radius 3 is 1.57 bits per heavy atom. The van der Waals surface area contributed by atoms with Crippen molar-refractivity contribution in [3.8, 4) is 33.4 Å². The Morgan fingerprint density at radius 1 is 0.591 bits per heavy atom. The van der Waals surface area contributed by atoms with E-state index in [0.717, 1.165) is 24.1 Å². The average molecular weight is 666 g/mol. The van der Waals surface area contributed by atoms with Gasteiger partial charge in [0.2, 0.25) is 0 Å². The minimum atomic E-state index is -0.821. The molecule has 1 nitrogen and oxygen atoms in total. The summed E-state index contributed by atoms with van der Waals surface area (Å²) in [6, 6.07) is 46.2. The molecule has 0 atom stereocenters. The topological polar surface area (TPSA) is 20.2 Å². The summed E-state index contributed by atoms with van der Waals surface area (Å²) in [6.07, 6.45) is 0.863. The van der Waals surface area contributed by atoms with Gasteiger partial charge in [0.15, 0.2) is 0 Å². The third kappa shape index (κ3) is 5.87. The van der Waals surface area contributed by atoms with Crippen LogP contribution in [0.2, 0.25) is 12.1 Å². The molecule has 0 radical (unpaired) electrons. The molecule has 0 aromatic heterocycles. The Labute approximate surface area is 290 Å². The maximum absolute atomic E-state index is 12.3. The van der Waals surface area contributed by atoms with Gasteiger partial charge < -0.3 is 29.9 Å². The van der Waals surface area contributed by atoms with Gasteiger partial charge >= 0.3 is 21.7 Å². The molecule has 218 valence electrons. The van der Waals surface area contributed by atoms with Gasteiger partial charge in [-0.3, -0.25) is 0 Å². The second kappa shape index (κ2) is 14.4. The summed E-state index contributed by atoms with van der Waals surface area (Å²) in [7, 11) is -0.821. The Balaban J connectivity index is 0.00000147. The van der Waals surface area contributed by atoms with Gasteiger partial charge in [-0.15, -0.1) is 0 Å². The Bertz CT molecular complexity index is 1750. The van der Waals surface area contributed by atoms with Crippen molar-refractivity contribution in [3.63, 3.8) is 0 Å². The van der Waals surface area contributed by atoms with Crippen molar-refractivity contribution >= 4 is 19.2 Å². The fourth-order valence-corrected chi connectivity index (χ4v) is 9.22. The number of rotatable bonds is 5. The first-order chi connectivity index (χ1) is 20.2. The molecule has 44 heavy (non-hydrogen) atoms. The van der Waals surface area contributed by atoms with Crippen molar-refractivity contribution in [2.24, 2.45) is 0 Å². The maximum atomic E-state index is 12.3. The number of aliphatic hydroxyl groups excluding tert-OH is 1. The number of fused-ring (bicyclic) bond motifs is 4. The fraction of sp³-hybridized carbons (Fsp3) is 0.154. The van der Waals surface area contributed by atoms with Crippen LogP contribution in [0.25, 0.3) is 39.0 Å². The van der Waals surface area contributed by atoms with Crippen LogP contribution in [0.1, 0.15) is 42.0 Å². The van der Waals surface area contributed by atoms with Crippen molar-refractivity contribution in [3.05, 3.63) is 149 Å². The first-order valence-electron chi connectivity index (χ1n) is 14.8. The van der Waals surface area contributed by atoms with Gasteiger partial charge in [-0.25, -0.2) is 0 Å². The zero-order chi connectivity index (χ0) is 27.9. The molecular formula is C39H34Cl2OSiTi. The minimum Gasteiger partial charge on any atom is -1.00 e. The van der Waals surface area contributed by atoms with E-state index in [2.05, 4.69) is 135 Å². The molecule has 0 saturated carbocycles. The standard InChI is InChI=1S/C39H34OSi.2ClH.Ti/c1-3-41(4-2)36-25-30-17-11-12-18-31(30)38(39(36)40)37-34-23-28(26-13-7-5-8-14-26)19-21-32(34)33-22-20-29(24-35(33)37)27-15-9-6-10-16-27;;;/h5-24,37,40H,3-4,25H2,1-2H3;2*1H;/q;;;+2/p-2. The van der Waals surface area contributed by atoms with Crippen LogP contribution in [-0.4, -0.2) is 18.7 Å². The van der Waals surface area contributed by atoms with Gasteiger partial charge in [0, 0.05) is 19.9 Å². The van der Waals surface area contributed by atoms with E-state index in [0.29, 0.717) is 5.76 Å². The molecule has 0 aliphatic heterocycles. The fourth-order valence-electron chi connectivity index (χ4n) is 6.96. The van der Waals surface area contributed by atoms with Gasteiger partial charge in [-0.1, -0.05) is 123 Å². The second-order valence-corrected chi connectivity index (χ2v) is 14.4. The first-order valence-corrected chi connectivity index (χ1v) is 16.7. The first kappa shape index (κ1) is 33.9. The molecular weight excluding hydrogens is 631 g/mol. The van der Waals surface area contributed by atoms with Crippen molar-refractivity contribution in [2.45, 2.75) is 38.3 Å². The van der Waals surface area contributed by atoms with Crippen LogP contribution in [0.15, 0.2) is 127 Å². The van der Waals surface area contributed by atoms with Crippen LogP contribution < -0.4 is 24.8 Å². The Kier molecular flexibility index (Phi) is 11.1. The third-order valence-electron chi connectivity index (χ3n) is 9.01. The number of aliphatic hydroxyl groups is 1. The van der Waals surface area contributed by atoms with Crippen molar-refractivity contribution in [1.29, 1.82) is 0 Å². The van der Waals surface area contributed by atoms with E-state index < -0.39 is 8.41 Å². The molecule has 1 N–H and O–H groups in total. The molecule has 2 aliphatic rings. The third-order valence-corrected chi connectivity index (χ3v) is 12.0. The van der Waals surface area contributed by atoms with Crippen molar-refractivity contribution < 1.29 is 51.6 Å². The molecule has 0 heterocycles. The van der Waals surface area contributed by atoms with Crippen LogP contribution >= 0.6 is 0 Å². The number of hydrogen-bond acceptors (Lipinski definition) is 1. The summed E-state index contributed by atoms with van der Waals surface area (Å²) in [5.74, 6) is 0.515. The summed E-state index contributed by atoms with van der Waals surface area (Å²) < 4.78 is 0. The largest absolute Gasteiger partial charge is 2.00 e. The molecule has 0 amide bonds. The number of halogens is 2. The summed E-state index contributed by atoms with van der Waals surface area (Å²) in [6.45, 7) is 4.58. The van der Waals surface area contributed by atoms with E-state index in [1.807, 2.05) is 0 Å². The SMILES string of the molecule is CC[Si](CC)=C1Cc2ccccc2C(C2c3cc(-c4ccccc4)ccc3-c3ccc(-c4ccccc4)cc32)=C1O.[Cl-].[Cl-].[Ti+2].